The fourth-order valence-electron chi connectivity index (χ4n) is 4.57. The minimum Gasteiger partial charge on any atom is -0.508 e. The highest BCUT2D eigenvalue weighted by Crippen LogP contribution is 2.35. The molecule has 5 rings (SSSR count). The monoisotopic (exact) mass is 564 g/mol. The van der Waals surface area contributed by atoms with Crippen molar-refractivity contribution in [2.24, 2.45) is 0 Å². The molecule has 0 bridgehead atoms. The Labute approximate surface area is 225 Å². The summed E-state index contributed by atoms with van der Waals surface area (Å²) in [6.45, 7) is -2.06. The van der Waals surface area contributed by atoms with Gasteiger partial charge in [-0.3, -0.25) is 4.79 Å². The van der Waals surface area contributed by atoms with Crippen LogP contribution in [-0.2, 0) is 14.2 Å². The second-order valence-corrected chi connectivity index (χ2v) is 9.65. The smallest absolute Gasteiger partial charge is 0.229 e. The van der Waals surface area contributed by atoms with Crippen LogP contribution in [0.2, 0.25) is 0 Å². The van der Waals surface area contributed by atoms with Gasteiger partial charge in [0, 0.05) is 23.8 Å². The van der Waals surface area contributed by atoms with E-state index in [-0.39, 0.29) is 28.2 Å². The summed E-state index contributed by atoms with van der Waals surface area (Å²) in [6.07, 6.45) is -11.2. The summed E-state index contributed by atoms with van der Waals surface area (Å²) < 4.78 is 28.0. The first-order chi connectivity index (χ1) is 19.0. The second-order valence-electron chi connectivity index (χ2n) is 9.65. The van der Waals surface area contributed by atoms with Crippen LogP contribution >= 0.6 is 0 Å². The van der Waals surface area contributed by atoms with E-state index in [9.17, 15) is 45.6 Å². The lowest BCUT2D eigenvalue weighted by Gasteiger charge is -2.42. The largest absolute Gasteiger partial charge is 0.508 e. The molecule has 3 aromatic rings. The molecule has 2 aliphatic rings. The Bertz CT molecular complexity index is 1410. The molecule has 2 fully saturated rings. The van der Waals surface area contributed by atoms with Gasteiger partial charge in [-0.05, 0) is 24.3 Å². The van der Waals surface area contributed by atoms with Crippen LogP contribution in [0.25, 0.3) is 22.3 Å². The van der Waals surface area contributed by atoms with Gasteiger partial charge in [-0.15, -0.1) is 0 Å². The Morgan fingerprint density at radius 2 is 1.70 bits per heavy atom. The predicted octanol–water partition coefficient (Wildman–Crippen LogP) is -1.49. The number of phenols is 2. The Kier molecular flexibility index (Phi) is 7.71. The van der Waals surface area contributed by atoms with Gasteiger partial charge in [0.2, 0.25) is 6.29 Å². The SMILES string of the molecule is O=c1cc(-c2ccc(O)cc2)oc2cc(O[C@@H]3O[C@H](CO)[C@@H](O)[C@@H](O)[C@@H]3O[C@@H]3OC[C@@](O)(CO)[C@H]3O)cc(O)c12. The molecule has 0 aliphatic carbocycles. The molecular weight excluding hydrogens is 536 g/mol. The van der Waals surface area contributed by atoms with E-state index in [1.54, 1.807) is 0 Å². The van der Waals surface area contributed by atoms with Crippen LogP contribution < -0.4 is 10.2 Å². The van der Waals surface area contributed by atoms with Crippen LogP contribution in [0.4, 0.5) is 0 Å². The number of rotatable bonds is 7. The molecule has 0 radical (unpaired) electrons. The van der Waals surface area contributed by atoms with E-state index in [0.29, 0.717) is 5.56 Å². The molecule has 0 spiro atoms. The third-order valence-corrected chi connectivity index (χ3v) is 6.88. The summed E-state index contributed by atoms with van der Waals surface area (Å²) in [4.78, 5) is 12.8. The zero-order chi connectivity index (χ0) is 28.8. The zero-order valence-electron chi connectivity index (χ0n) is 20.7. The number of aromatic hydroxyl groups is 2. The van der Waals surface area contributed by atoms with Crippen molar-refractivity contribution in [3.8, 4) is 28.6 Å². The highest BCUT2D eigenvalue weighted by molar-refractivity contribution is 5.86. The third-order valence-electron chi connectivity index (χ3n) is 6.88. The van der Waals surface area contributed by atoms with Crippen molar-refractivity contribution >= 4 is 11.0 Å². The lowest BCUT2D eigenvalue weighted by molar-refractivity contribution is -0.318. The average Bonchev–Trinajstić information content (AvgIpc) is 3.21. The first-order valence-electron chi connectivity index (χ1n) is 12.2. The van der Waals surface area contributed by atoms with E-state index in [2.05, 4.69) is 0 Å². The average molecular weight is 564 g/mol. The van der Waals surface area contributed by atoms with Crippen LogP contribution in [-0.4, -0.2) is 109 Å². The maximum absolute atomic E-state index is 12.8. The van der Waals surface area contributed by atoms with Crippen LogP contribution in [0.3, 0.4) is 0 Å². The number of hydrogen-bond acceptors (Lipinski definition) is 14. The van der Waals surface area contributed by atoms with Crippen molar-refractivity contribution in [1.82, 2.24) is 0 Å². The third kappa shape index (κ3) is 5.12. The Morgan fingerprint density at radius 3 is 2.35 bits per heavy atom. The fraction of sp³-hybridized carbons (Fsp3) is 0.423. The Morgan fingerprint density at radius 1 is 0.975 bits per heavy atom. The van der Waals surface area contributed by atoms with Crippen LogP contribution in [0.5, 0.6) is 17.2 Å². The first-order valence-corrected chi connectivity index (χ1v) is 12.2. The number of phenolic OH excluding ortho intramolecular Hbond substituents is 2. The van der Waals surface area contributed by atoms with Gasteiger partial charge in [-0.1, -0.05) is 0 Å². The van der Waals surface area contributed by atoms with E-state index in [0.717, 1.165) is 6.07 Å². The molecule has 8 atom stereocenters. The molecule has 2 aromatic carbocycles. The maximum Gasteiger partial charge on any atom is 0.229 e. The second kappa shape index (κ2) is 10.9. The minimum atomic E-state index is -2.04. The lowest BCUT2D eigenvalue weighted by atomic mass is 9.98. The fourth-order valence-corrected chi connectivity index (χ4v) is 4.57. The van der Waals surface area contributed by atoms with E-state index in [1.807, 2.05) is 0 Å². The number of aliphatic hydroxyl groups is 6. The topological polar surface area (TPSA) is 229 Å². The molecule has 1 aromatic heterocycles. The van der Waals surface area contributed by atoms with Gasteiger partial charge in [0.1, 0.15) is 64.0 Å². The maximum atomic E-state index is 12.8. The summed E-state index contributed by atoms with van der Waals surface area (Å²) in [7, 11) is 0. The number of ether oxygens (including phenoxy) is 4. The van der Waals surface area contributed by atoms with Gasteiger partial charge in [-0.2, -0.15) is 0 Å². The summed E-state index contributed by atoms with van der Waals surface area (Å²) in [5.74, 6) is -0.496. The first kappa shape index (κ1) is 28.2. The number of fused-ring (bicyclic) bond motifs is 1. The van der Waals surface area contributed by atoms with Gasteiger partial charge in [0.25, 0.3) is 0 Å². The lowest BCUT2D eigenvalue weighted by Crippen LogP contribution is -2.62. The quantitative estimate of drug-likeness (QED) is 0.164. The number of benzene rings is 2. The van der Waals surface area contributed by atoms with Gasteiger partial charge >= 0.3 is 0 Å². The van der Waals surface area contributed by atoms with Crippen LogP contribution in [0, 0.1) is 0 Å². The van der Waals surface area contributed by atoms with Gasteiger partial charge in [0.05, 0.1) is 19.8 Å². The standard InChI is InChI=1S/C26H28O14/c27-8-18-20(32)21(33)22(40-25-23(34)26(35,9-28)10-36-25)24(39-18)37-13-5-14(30)19-15(31)7-16(38-17(19)6-13)11-1-3-12(29)4-2-11/h1-7,18,20-25,27-30,32-35H,8-10H2/t18-,20-,21-,22+,23+,24-,25+,26+/m1/s1. The molecule has 8 N–H and O–H groups in total. The summed E-state index contributed by atoms with van der Waals surface area (Å²) in [5.41, 5.74) is -2.22. The predicted molar refractivity (Wildman–Crippen MR) is 132 cm³/mol. The molecule has 14 nitrogen and oxygen atoms in total. The number of hydrogen-bond donors (Lipinski definition) is 8. The van der Waals surface area contributed by atoms with Gasteiger partial charge in [-0.25, -0.2) is 0 Å². The molecule has 14 heteroatoms. The zero-order valence-corrected chi connectivity index (χ0v) is 20.7. The molecule has 216 valence electrons. The van der Waals surface area contributed by atoms with Gasteiger partial charge < -0.3 is 64.2 Å². The van der Waals surface area contributed by atoms with E-state index in [4.69, 9.17) is 23.4 Å². The molecule has 2 aliphatic heterocycles. The molecule has 0 amide bonds. The molecule has 0 unspecified atom stereocenters. The van der Waals surface area contributed by atoms with E-state index >= 15 is 0 Å². The summed E-state index contributed by atoms with van der Waals surface area (Å²) in [5, 5.41) is 80.7. The summed E-state index contributed by atoms with van der Waals surface area (Å²) in [6, 6.07) is 9.37. The van der Waals surface area contributed by atoms with Crippen LogP contribution in [0.15, 0.2) is 51.7 Å². The molecule has 3 heterocycles. The molecule has 40 heavy (non-hydrogen) atoms. The number of aliphatic hydroxyl groups excluding tert-OH is 5. The molecule has 0 saturated carbocycles. The molecular formula is C26H28O14. The highest BCUT2D eigenvalue weighted by Gasteiger charge is 2.53. The highest BCUT2D eigenvalue weighted by atomic mass is 16.8. The Hall–Kier alpha value is -3.31. The van der Waals surface area contributed by atoms with Crippen molar-refractivity contribution in [3.05, 3.63) is 52.7 Å². The summed E-state index contributed by atoms with van der Waals surface area (Å²) >= 11 is 0. The van der Waals surface area contributed by atoms with Crippen molar-refractivity contribution in [2.45, 2.75) is 48.7 Å². The van der Waals surface area contributed by atoms with Crippen molar-refractivity contribution in [3.63, 3.8) is 0 Å². The van der Waals surface area contributed by atoms with Gasteiger partial charge in [0.15, 0.2) is 17.8 Å². The van der Waals surface area contributed by atoms with E-state index in [1.165, 1.54) is 36.4 Å². The molecule has 2 saturated heterocycles. The van der Waals surface area contributed by atoms with Crippen molar-refractivity contribution < 1.29 is 64.2 Å². The normalized spacial score (nSPS) is 32.4. The van der Waals surface area contributed by atoms with Crippen molar-refractivity contribution in [1.29, 1.82) is 0 Å². The van der Waals surface area contributed by atoms with Crippen LogP contribution in [0.1, 0.15) is 0 Å². The van der Waals surface area contributed by atoms with Crippen molar-refractivity contribution in [2.75, 3.05) is 19.8 Å². The minimum absolute atomic E-state index is 0.00882. The Balaban J connectivity index is 1.47. The van der Waals surface area contributed by atoms with E-state index < -0.39 is 79.7 Å².